The zero-order chi connectivity index (χ0) is 14.5. The van der Waals surface area contributed by atoms with Crippen LogP contribution in [0.5, 0.6) is 0 Å². The lowest BCUT2D eigenvalue weighted by molar-refractivity contribution is -0.383. The molecule has 0 aliphatic rings. The molecule has 1 N–H and O–H groups in total. The number of para-hydroxylation sites is 2. The molecule has 7 nitrogen and oxygen atoms in total. The van der Waals surface area contributed by atoms with Gasteiger partial charge in [0.1, 0.15) is 11.4 Å². The lowest BCUT2D eigenvalue weighted by atomic mass is 10.2. The molecule has 0 amide bonds. The number of hydrogen-bond acceptors (Lipinski definition) is 6. The molecule has 1 aromatic carbocycles. The highest BCUT2D eigenvalue weighted by molar-refractivity contribution is 5.87. The molecule has 0 saturated carbocycles. The van der Waals surface area contributed by atoms with Crippen molar-refractivity contribution >= 4 is 23.0 Å². The van der Waals surface area contributed by atoms with Crippen molar-refractivity contribution in [3.63, 3.8) is 0 Å². The number of ether oxygens (including phenoxy) is 1. The highest BCUT2D eigenvalue weighted by atomic mass is 16.6. The first-order chi connectivity index (χ1) is 9.61. The smallest absolute Gasteiger partial charge is 0.356 e. The Balaban J connectivity index is 2.23. The number of methoxy groups -OCH3 is 1. The molecule has 0 spiro atoms. The number of nitro groups is 1. The van der Waals surface area contributed by atoms with Gasteiger partial charge in [0.2, 0.25) is 0 Å². The number of carbonyl (C=O) groups excluding carboxylic acids is 1. The van der Waals surface area contributed by atoms with Gasteiger partial charge in [-0.25, -0.2) is 9.78 Å². The van der Waals surface area contributed by atoms with Crippen LogP contribution < -0.4 is 5.32 Å². The highest BCUT2D eigenvalue weighted by Gasteiger charge is 2.13. The number of pyridine rings is 1. The Kier molecular flexibility index (Phi) is 3.90. The van der Waals surface area contributed by atoms with Gasteiger partial charge < -0.3 is 10.1 Å². The van der Waals surface area contributed by atoms with Crippen molar-refractivity contribution in [2.75, 3.05) is 12.4 Å². The molecule has 0 aliphatic heterocycles. The van der Waals surface area contributed by atoms with E-state index in [2.05, 4.69) is 15.0 Å². The van der Waals surface area contributed by atoms with E-state index in [-0.39, 0.29) is 11.4 Å². The first-order valence-electron chi connectivity index (χ1n) is 5.66. The van der Waals surface area contributed by atoms with Crippen LogP contribution in [0, 0.1) is 10.1 Å². The molecule has 0 unspecified atom stereocenters. The van der Waals surface area contributed by atoms with E-state index in [1.807, 2.05) is 0 Å². The summed E-state index contributed by atoms with van der Waals surface area (Å²) in [6, 6.07) is 9.33. The molecule has 7 heteroatoms. The number of rotatable bonds is 4. The van der Waals surface area contributed by atoms with Crippen molar-refractivity contribution in [2.24, 2.45) is 0 Å². The second-order valence-electron chi connectivity index (χ2n) is 3.82. The Hall–Kier alpha value is -2.96. The Morgan fingerprint density at radius 3 is 2.65 bits per heavy atom. The van der Waals surface area contributed by atoms with E-state index in [1.165, 1.54) is 25.4 Å². The normalized spacial score (nSPS) is 9.85. The minimum Gasteiger partial charge on any atom is -0.464 e. The average Bonchev–Trinajstić information content (AvgIpc) is 2.47. The van der Waals surface area contributed by atoms with E-state index in [0.717, 1.165) is 0 Å². The van der Waals surface area contributed by atoms with Gasteiger partial charge in [-0.2, -0.15) is 0 Å². The van der Waals surface area contributed by atoms with E-state index in [9.17, 15) is 14.9 Å². The number of aromatic nitrogens is 1. The molecule has 0 aliphatic carbocycles. The minimum absolute atomic E-state index is 0.0375. The van der Waals surface area contributed by atoms with Crippen LogP contribution in [0.25, 0.3) is 0 Å². The van der Waals surface area contributed by atoms with Crippen molar-refractivity contribution in [1.82, 2.24) is 4.98 Å². The summed E-state index contributed by atoms with van der Waals surface area (Å²) in [5.74, 6) is -0.540. The summed E-state index contributed by atoms with van der Waals surface area (Å²) in [5.41, 5.74) is 1.02. The average molecular weight is 273 g/mol. The number of hydrogen-bond donors (Lipinski definition) is 1. The number of nitrogens with zero attached hydrogens (tertiary/aromatic N) is 2. The van der Waals surface area contributed by atoms with Gasteiger partial charge in [0, 0.05) is 6.07 Å². The topological polar surface area (TPSA) is 94.4 Å². The van der Waals surface area contributed by atoms with Crippen LogP contribution in [0.2, 0.25) is 0 Å². The summed E-state index contributed by atoms with van der Waals surface area (Å²) in [5, 5.41) is 13.8. The molecule has 0 saturated heterocycles. The maximum absolute atomic E-state index is 11.2. The number of benzene rings is 1. The molecule has 0 radical (unpaired) electrons. The van der Waals surface area contributed by atoms with Gasteiger partial charge in [0.15, 0.2) is 0 Å². The van der Waals surface area contributed by atoms with Gasteiger partial charge in [-0.05, 0) is 18.2 Å². The molecule has 1 aromatic heterocycles. The fraction of sp³-hybridized carbons (Fsp3) is 0.0769. The van der Waals surface area contributed by atoms with Gasteiger partial charge in [0.05, 0.1) is 23.9 Å². The lowest BCUT2D eigenvalue weighted by Gasteiger charge is -2.07. The monoisotopic (exact) mass is 273 g/mol. The van der Waals surface area contributed by atoms with Gasteiger partial charge in [0.25, 0.3) is 5.69 Å². The zero-order valence-corrected chi connectivity index (χ0v) is 10.6. The molecule has 20 heavy (non-hydrogen) atoms. The molecular formula is C13H11N3O4. The Labute approximate surface area is 114 Å². The number of nitrogens with one attached hydrogen (secondary N) is 1. The third-order valence-corrected chi connectivity index (χ3v) is 2.54. The fourth-order valence-electron chi connectivity index (χ4n) is 1.59. The molecule has 2 aromatic rings. The van der Waals surface area contributed by atoms with Crippen molar-refractivity contribution in [3.8, 4) is 0 Å². The Morgan fingerprint density at radius 1 is 1.30 bits per heavy atom. The summed E-state index contributed by atoms with van der Waals surface area (Å²) in [7, 11) is 1.27. The van der Waals surface area contributed by atoms with Crippen molar-refractivity contribution in [2.45, 2.75) is 0 Å². The molecule has 0 bridgehead atoms. The predicted octanol–water partition coefficient (Wildman–Crippen LogP) is 2.52. The van der Waals surface area contributed by atoms with Crippen molar-refractivity contribution in [3.05, 3.63) is 58.4 Å². The van der Waals surface area contributed by atoms with Crippen molar-refractivity contribution < 1.29 is 14.5 Å². The summed E-state index contributed by atoms with van der Waals surface area (Å²) in [4.78, 5) is 25.6. The maximum atomic E-state index is 11.2. The quantitative estimate of drug-likeness (QED) is 0.522. The van der Waals surface area contributed by atoms with Gasteiger partial charge >= 0.3 is 5.97 Å². The van der Waals surface area contributed by atoms with Crippen LogP contribution in [0.1, 0.15) is 10.5 Å². The number of esters is 1. The van der Waals surface area contributed by atoms with Crippen LogP contribution in [0.3, 0.4) is 0 Å². The highest BCUT2D eigenvalue weighted by Crippen LogP contribution is 2.26. The largest absolute Gasteiger partial charge is 0.464 e. The summed E-state index contributed by atoms with van der Waals surface area (Å²) in [6.07, 6.45) is 1.41. The van der Waals surface area contributed by atoms with Crippen molar-refractivity contribution in [1.29, 1.82) is 0 Å². The first-order valence-corrected chi connectivity index (χ1v) is 5.66. The maximum Gasteiger partial charge on any atom is 0.356 e. The van der Waals surface area contributed by atoms with Crippen LogP contribution in [-0.4, -0.2) is 23.0 Å². The number of anilines is 2. The lowest BCUT2D eigenvalue weighted by Crippen LogP contribution is -2.04. The fourth-order valence-corrected chi connectivity index (χ4v) is 1.59. The summed E-state index contributed by atoms with van der Waals surface area (Å²) in [6.45, 7) is 0. The first kappa shape index (κ1) is 13.5. The molecule has 102 valence electrons. The molecule has 2 rings (SSSR count). The molecule has 0 atom stereocenters. The summed E-state index contributed by atoms with van der Waals surface area (Å²) < 4.78 is 4.53. The number of nitro benzene ring substituents is 1. The zero-order valence-electron chi connectivity index (χ0n) is 10.6. The van der Waals surface area contributed by atoms with Crippen LogP contribution >= 0.6 is 0 Å². The van der Waals surface area contributed by atoms with E-state index < -0.39 is 10.9 Å². The van der Waals surface area contributed by atoms with Crippen LogP contribution in [0.4, 0.5) is 17.1 Å². The minimum atomic E-state index is -0.540. The predicted molar refractivity (Wildman–Crippen MR) is 72.0 cm³/mol. The third-order valence-electron chi connectivity index (χ3n) is 2.54. The van der Waals surface area contributed by atoms with Gasteiger partial charge in [-0.3, -0.25) is 10.1 Å². The van der Waals surface area contributed by atoms with E-state index in [0.29, 0.717) is 11.4 Å². The van der Waals surface area contributed by atoms with E-state index >= 15 is 0 Å². The summed E-state index contributed by atoms with van der Waals surface area (Å²) >= 11 is 0. The van der Waals surface area contributed by atoms with Gasteiger partial charge in [-0.15, -0.1) is 0 Å². The molecule has 1 heterocycles. The van der Waals surface area contributed by atoms with E-state index in [1.54, 1.807) is 24.3 Å². The SMILES string of the molecule is COC(=O)c1ccc(Nc2ccccc2[N+](=O)[O-])cn1. The van der Waals surface area contributed by atoms with E-state index in [4.69, 9.17) is 0 Å². The van der Waals surface area contributed by atoms with Crippen LogP contribution in [-0.2, 0) is 4.74 Å². The number of carbonyl (C=O) groups is 1. The molecule has 0 fully saturated rings. The molecular weight excluding hydrogens is 262 g/mol. The Morgan fingerprint density at radius 2 is 2.05 bits per heavy atom. The second kappa shape index (κ2) is 5.79. The standard InChI is InChI=1S/C13H11N3O4/c1-20-13(17)11-7-6-9(8-14-11)15-10-4-2-3-5-12(10)16(18)19/h2-8,15H,1H3. The van der Waals surface area contributed by atoms with Crippen LogP contribution in [0.15, 0.2) is 42.6 Å². The third kappa shape index (κ3) is 2.89. The van der Waals surface area contributed by atoms with Gasteiger partial charge in [-0.1, -0.05) is 12.1 Å². The Bertz CT molecular complexity index is 640. The second-order valence-corrected chi connectivity index (χ2v) is 3.82.